The maximum Gasteiger partial charge on any atom is 0.128 e. The predicted octanol–water partition coefficient (Wildman–Crippen LogP) is 1.90. The fourth-order valence-corrected chi connectivity index (χ4v) is 3.23. The minimum atomic E-state index is 0.0789. The van der Waals surface area contributed by atoms with Gasteiger partial charge in [0.05, 0.1) is 18.2 Å². The van der Waals surface area contributed by atoms with E-state index in [1.165, 1.54) is 30.5 Å². The number of aromatic nitrogens is 1. The summed E-state index contributed by atoms with van der Waals surface area (Å²) in [4.78, 5) is 7.13. The Hall–Kier alpha value is -1.13. The van der Waals surface area contributed by atoms with E-state index in [4.69, 9.17) is 15.5 Å². The van der Waals surface area contributed by atoms with Crippen LogP contribution in [0.2, 0.25) is 0 Å². The summed E-state index contributed by atoms with van der Waals surface area (Å²) in [5, 5.41) is 0. The molecular formula is C16H25N3O. The molecule has 4 heteroatoms. The maximum atomic E-state index is 6.20. The normalized spacial score (nSPS) is 26.1. The minimum Gasteiger partial charge on any atom is -0.372 e. The van der Waals surface area contributed by atoms with Crippen LogP contribution in [0.5, 0.6) is 0 Å². The molecule has 1 aromatic rings. The first kappa shape index (κ1) is 13.8. The molecule has 0 amide bonds. The molecule has 1 aromatic heterocycles. The van der Waals surface area contributed by atoms with Crippen molar-refractivity contribution in [3.63, 3.8) is 0 Å². The first-order valence-corrected chi connectivity index (χ1v) is 7.78. The van der Waals surface area contributed by atoms with Gasteiger partial charge >= 0.3 is 0 Å². The molecule has 0 radical (unpaired) electrons. The SMILES string of the molecule is CC(C)O[C@@H]1CN(c2ccc3c(n2)CCCC3)C[C@@H]1N. The van der Waals surface area contributed by atoms with Crippen LogP contribution in [0.1, 0.15) is 37.9 Å². The second kappa shape index (κ2) is 5.70. The van der Waals surface area contributed by atoms with Crippen molar-refractivity contribution in [3.8, 4) is 0 Å². The largest absolute Gasteiger partial charge is 0.372 e. The number of aryl methyl sites for hydroxylation is 2. The number of rotatable bonds is 3. The van der Waals surface area contributed by atoms with E-state index in [0.717, 1.165) is 25.3 Å². The van der Waals surface area contributed by atoms with E-state index in [0.29, 0.717) is 0 Å². The highest BCUT2D eigenvalue weighted by Crippen LogP contribution is 2.25. The third-order valence-electron chi connectivity index (χ3n) is 4.24. The van der Waals surface area contributed by atoms with Crippen LogP contribution >= 0.6 is 0 Å². The molecule has 2 atom stereocenters. The van der Waals surface area contributed by atoms with Crippen molar-refractivity contribution < 1.29 is 4.74 Å². The molecule has 2 heterocycles. The quantitative estimate of drug-likeness (QED) is 0.915. The highest BCUT2D eigenvalue weighted by atomic mass is 16.5. The van der Waals surface area contributed by atoms with E-state index in [2.05, 4.69) is 30.9 Å². The summed E-state index contributed by atoms with van der Waals surface area (Å²) < 4.78 is 5.89. The van der Waals surface area contributed by atoms with Crippen LogP contribution < -0.4 is 10.6 Å². The second-order valence-electron chi connectivity index (χ2n) is 6.27. The molecule has 2 aliphatic rings. The Kier molecular flexibility index (Phi) is 3.94. The summed E-state index contributed by atoms with van der Waals surface area (Å²) >= 11 is 0. The first-order valence-electron chi connectivity index (χ1n) is 7.78. The molecule has 0 aromatic carbocycles. The lowest BCUT2D eigenvalue weighted by atomic mass is 9.96. The summed E-state index contributed by atoms with van der Waals surface area (Å²) in [5.41, 5.74) is 8.92. The molecule has 20 heavy (non-hydrogen) atoms. The molecular weight excluding hydrogens is 250 g/mol. The van der Waals surface area contributed by atoms with E-state index < -0.39 is 0 Å². The van der Waals surface area contributed by atoms with Crippen LogP contribution in [-0.2, 0) is 17.6 Å². The number of pyridine rings is 1. The van der Waals surface area contributed by atoms with Crippen LogP contribution in [0, 0.1) is 0 Å². The molecule has 0 unspecified atom stereocenters. The van der Waals surface area contributed by atoms with Crippen molar-refractivity contribution in [3.05, 3.63) is 23.4 Å². The Bertz CT molecular complexity index is 475. The summed E-state index contributed by atoms with van der Waals surface area (Å²) in [6.07, 6.45) is 5.21. The van der Waals surface area contributed by atoms with Gasteiger partial charge in [0.15, 0.2) is 0 Å². The average molecular weight is 275 g/mol. The van der Waals surface area contributed by atoms with Crippen molar-refractivity contribution in [2.75, 3.05) is 18.0 Å². The Morgan fingerprint density at radius 2 is 2.05 bits per heavy atom. The number of anilines is 1. The van der Waals surface area contributed by atoms with Gasteiger partial charge in [-0.05, 0) is 51.2 Å². The van der Waals surface area contributed by atoms with E-state index in [1.807, 2.05) is 0 Å². The molecule has 4 nitrogen and oxygen atoms in total. The number of nitrogens with two attached hydrogens (primary N) is 1. The lowest BCUT2D eigenvalue weighted by molar-refractivity contribution is 0.0127. The van der Waals surface area contributed by atoms with Crippen LogP contribution in [0.25, 0.3) is 0 Å². The van der Waals surface area contributed by atoms with E-state index in [9.17, 15) is 0 Å². The molecule has 1 saturated heterocycles. The fourth-order valence-electron chi connectivity index (χ4n) is 3.23. The van der Waals surface area contributed by atoms with Crippen LogP contribution in [0.4, 0.5) is 5.82 Å². The zero-order valence-electron chi connectivity index (χ0n) is 12.5. The van der Waals surface area contributed by atoms with Crippen LogP contribution in [-0.4, -0.2) is 36.3 Å². The summed E-state index contributed by atoms with van der Waals surface area (Å²) in [6, 6.07) is 4.48. The number of ether oxygens (including phenoxy) is 1. The monoisotopic (exact) mass is 275 g/mol. The molecule has 3 rings (SSSR count). The zero-order chi connectivity index (χ0) is 14.1. The van der Waals surface area contributed by atoms with Crippen LogP contribution in [0.15, 0.2) is 12.1 Å². The molecule has 0 saturated carbocycles. The average Bonchev–Trinajstić information content (AvgIpc) is 2.79. The number of hydrogen-bond acceptors (Lipinski definition) is 4. The smallest absolute Gasteiger partial charge is 0.128 e. The van der Waals surface area contributed by atoms with E-state index >= 15 is 0 Å². The van der Waals surface area contributed by atoms with Crippen molar-refractivity contribution in [2.45, 2.75) is 57.8 Å². The van der Waals surface area contributed by atoms with Gasteiger partial charge < -0.3 is 15.4 Å². The van der Waals surface area contributed by atoms with E-state index in [1.54, 1.807) is 0 Å². The van der Waals surface area contributed by atoms with Crippen molar-refractivity contribution in [1.29, 1.82) is 0 Å². The van der Waals surface area contributed by atoms with Gasteiger partial charge in [-0.25, -0.2) is 4.98 Å². The molecule has 2 N–H and O–H groups in total. The van der Waals surface area contributed by atoms with Gasteiger partial charge in [-0.3, -0.25) is 0 Å². The van der Waals surface area contributed by atoms with Crippen molar-refractivity contribution >= 4 is 5.82 Å². The fraction of sp³-hybridized carbons (Fsp3) is 0.688. The summed E-state index contributed by atoms with van der Waals surface area (Å²) in [5.74, 6) is 1.07. The first-order chi connectivity index (χ1) is 9.63. The van der Waals surface area contributed by atoms with Crippen molar-refractivity contribution in [1.82, 2.24) is 4.98 Å². The van der Waals surface area contributed by atoms with Gasteiger partial charge in [0.25, 0.3) is 0 Å². The van der Waals surface area contributed by atoms with Gasteiger partial charge in [0.1, 0.15) is 5.82 Å². The topological polar surface area (TPSA) is 51.4 Å². The van der Waals surface area contributed by atoms with Gasteiger partial charge in [-0.1, -0.05) is 6.07 Å². The molecule has 110 valence electrons. The molecule has 0 bridgehead atoms. The van der Waals surface area contributed by atoms with Crippen molar-refractivity contribution in [2.24, 2.45) is 5.73 Å². The van der Waals surface area contributed by atoms with Gasteiger partial charge in [-0.2, -0.15) is 0 Å². The Labute approximate surface area is 121 Å². The summed E-state index contributed by atoms with van der Waals surface area (Å²) in [6.45, 7) is 5.81. The molecule has 1 aliphatic carbocycles. The second-order valence-corrected chi connectivity index (χ2v) is 6.27. The zero-order valence-corrected chi connectivity index (χ0v) is 12.5. The molecule has 1 fully saturated rings. The Morgan fingerprint density at radius 3 is 2.85 bits per heavy atom. The number of fused-ring (bicyclic) bond motifs is 1. The number of nitrogens with zero attached hydrogens (tertiary/aromatic N) is 2. The maximum absolute atomic E-state index is 6.20. The highest BCUT2D eigenvalue weighted by Gasteiger charge is 2.32. The highest BCUT2D eigenvalue weighted by molar-refractivity contribution is 5.44. The van der Waals surface area contributed by atoms with Gasteiger partial charge in [0.2, 0.25) is 0 Å². The molecule has 1 aliphatic heterocycles. The van der Waals surface area contributed by atoms with E-state index in [-0.39, 0.29) is 18.2 Å². The predicted molar refractivity (Wildman–Crippen MR) is 81.1 cm³/mol. The summed E-state index contributed by atoms with van der Waals surface area (Å²) in [7, 11) is 0. The third-order valence-corrected chi connectivity index (χ3v) is 4.24. The number of hydrogen-bond donors (Lipinski definition) is 1. The van der Waals surface area contributed by atoms with Gasteiger partial charge in [0, 0.05) is 18.8 Å². The third kappa shape index (κ3) is 2.81. The van der Waals surface area contributed by atoms with Crippen LogP contribution in [0.3, 0.4) is 0 Å². The van der Waals surface area contributed by atoms with Gasteiger partial charge in [-0.15, -0.1) is 0 Å². The Balaban J connectivity index is 1.74. The Morgan fingerprint density at radius 1 is 1.25 bits per heavy atom. The lowest BCUT2D eigenvalue weighted by Gasteiger charge is -2.21. The molecule has 0 spiro atoms. The standard InChI is InChI=1S/C16H25N3O/c1-11(2)20-15-10-19(9-13(15)17)16-8-7-12-5-3-4-6-14(12)18-16/h7-8,11,13,15H,3-6,9-10,17H2,1-2H3/t13-,15+/m0/s1. The lowest BCUT2D eigenvalue weighted by Crippen LogP contribution is -2.36. The minimum absolute atomic E-state index is 0.0789.